The highest BCUT2D eigenvalue weighted by Crippen LogP contribution is 2.29. The molecule has 2 rings (SSSR count). The van der Waals surface area contributed by atoms with Crippen molar-refractivity contribution in [1.82, 2.24) is 14.7 Å². The largest absolute Gasteiger partial charge is 0.382 e. The molecule has 0 bridgehead atoms. The lowest BCUT2D eigenvalue weighted by Crippen LogP contribution is -2.21. The van der Waals surface area contributed by atoms with Crippen LogP contribution in [0.25, 0.3) is 0 Å². The Morgan fingerprint density at radius 2 is 2.05 bits per heavy atom. The number of nitrogens with zero attached hydrogens (tertiary/aromatic N) is 3. The van der Waals surface area contributed by atoms with Crippen LogP contribution in [-0.2, 0) is 6.54 Å². The summed E-state index contributed by atoms with van der Waals surface area (Å²) in [5.41, 5.74) is 0.795. The molecule has 7 heteroatoms. The van der Waals surface area contributed by atoms with Gasteiger partial charge in [0.1, 0.15) is 6.10 Å². The number of halogens is 3. The van der Waals surface area contributed by atoms with Crippen LogP contribution < -0.4 is 0 Å². The van der Waals surface area contributed by atoms with Crippen molar-refractivity contribution in [3.8, 4) is 0 Å². The van der Waals surface area contributed by atoms with Crippen LogP contribution >= 0.6 is 15.9 Å². The summed E-state index contributed by atoms with van der Waals surface area (Å²) in [7, 11) is 3.87. The van der Waals surface area contributed by atoms with E-state index in [9.17, 15) is 13.9 Å². The zero-order valence-electron chi connectivity index (χ0n) is 11.7. The first-order chi connectivity index (χ1) is 9.90. The molecule has 0 aliphatic carbocycles. The highest BCUT2D eigenvalue weighted by molar-refractivity contribution is 9.10. The fourth-order valence-corrected chi connectivity index (χ4v) is 2.47. The van der Waals surface area contributed by atoms with E-state index in [2.05, 4.69) is 21.0 Å². The number of benzene rings is 1. The van der Waals surface area contributed by atoms with Crippen LogP contribution in [0.3, 0.4) is 0 Å². The Morgan fingerprint density at radius 1 is 1.33 bits per heavy atom. The van der Waals surface area contributed by atoms with Crippen LogP contribution in [0.15, 0.2) is 28.9 Å². The fourth-order valence-electron chi connectivity index (χ4n) is 1.96. The Bertz CT molecular complexity index is 631. The van der Waals surface area contributed by atoms with E-state index in [4.69, 9.17) is 0 Å². The number of likely N-dealkylation sites (N-methyl/N-ethyl adjacent to an activating group) is 1. The standard InChI is InChI=1S/C14H16BrF2N3O/c1-19(2)5-6-20-13(10(15)8-18-20)14(21)9-3-4-11(16)12(17)7-9/h3-4,7-8,14,21H,5-6H2,1-2H3. The molecular formula is C14H16BrF2N3O. The van der Waals surface area contributed by atoms with Gasteiger partial charge < -0.3 is 10.0 Å². The van der Waals surface area contributed by atoms with Gasteiger partial charge in [-0.3, -0.25) is 4.68 Å². The second-order valence-electron chi connectivity index (χ2n) is 4.98. The number of aromatic nitrogens is 2. The van der Waals surface area contributed by atoms with Gasteiger partial charge in [-0.25, -0.2) is 8.78 Å². The summed E-state index contributed by atoms with van der Waals surface area (Å²) in [6.07, 6.45) is 0.493. The van der Waals surface area contributed by atoms with Crippen molar-refractivity contribution >= 4 is 15.9 Å². The quantitative estimate of drug-likeness (QED) is 0.891. The number of aliphatic hydroxyl groups excluding tert-OH is 1. The minimum Gasteiger partial charge on any atom is -0.382 e. The topological polar surface area (TPSA) is 41.3 Å². The SMILES string of the molecule is CN(C)CCn1ncc(Br)c1C(O)c1ccc(F)c(F)c1. The molecule has 1 atom stereocenters. The number of hydrogen-bond acceptors (Lipinski definition) is 3. The minimum absolute atomic E-state index is 0.279. The highest BCUT2D eigenvalue weighted by Gasteiger charge is 2.20. The number of rotatable bonds is 5. The Kier molecular flexibility index (Phi) is 5.08. The molecule has 0 spiro atoms. The molecule has 1 N–H and O–H groups in total. The van der Waals surface area contributed by atoms with Crippen LogP contribution in [0.4, 0.5) is 8.78 Å². The molecule has 0 aliphatic rings. The maximum Gasteiger partial charge on any atom is 0.159 e. The molecule has 0 fully saturated rings. The molecule has 1 aromatic heterocycles. The second-order valence-corrected chi connectivity index (χ2v) is 5.83. The molecule has 1 heterocycles. The summed E-state index contributed by atoms with van der Waals surface area (Å²) in [6.45, 7) is 1.32. The molecule has 0 radical (unpaired) electrons. The number of aliphatic hydroxyl groups is 1. The third-order valence-corrected chi connectivity index (χ3v) is 3.72. The van der Waals surface area contributed by atoms with E-state index in [-0.39, 0.29) is 5.56 Å². The lowest BCUT2D eigenvalue weighted by atomic mass is 10.1. The maximum absolute atomic E-state index is 13.3. The van der Waals surface area contributed by atoms with Gasteiger partial charge in [-0.2, -0.15) is 5.10 Å². The van der Waals surface area contributed by atoms with E-state index in [1.165, 1.54) is 6.07 Å². The first-order valence-electron chi connectivity index (χ1n) is 6.39. The highest BCUT2D eigenvalue weighted by atomic mass is 79.9. The van der Waals surface area contributed by atoms with Gasteiger partial charge >= 0.3 is 0 Å². The van der Waals surface area contributed by atoms with Crippen LogP contribution in [-0.4, -0.2) is 40.4 Å². The monoisotopic (exact) mass is 359 g/mol. The van der Waals surface area contributed by atoms with Gasteiger partial charge in [-0.05, 0) is 47.7 Å². The predicted molar refractivity (Wildman–Crippen MR) is 78.9 cm³/mol. The van der Waals surface area contributed by atoms with Gasteiger partial charge in [0.2, 0.25) is 0 Å². The summed E-state index contributed by atoms with van der Waals surface area (Å²) >= 11 is 3.33. The Balaban J connectivity index is 2.31. The molecule has 2 aromatic rings. The van der Waals surface area contributed by atoms with Crippen LogP contribution in [0, 0.1) is 11.6 Å². The fraction of sp³-hybridized carbons (Fsp3) is 0.357. The van der Waals surface area contributed by atoms with E-state index in [0.717, 1.165) is 18.7 Å². The Labute approximate surface area is 130 Å². The predicted octanol–water partition coefficient (Wildman–Crippen LogP) is 2.57. The van der Waals surface area contributed by atoms with Gasteiger partial charge in [-0.1, -0.05) is 6.07 Å². The van der Waals surface area contributed by atoms with Crippen LogP contribution in [0.1, 0.15) is 17.4 Å². The van der Waals surface area contributed by atoms with Crippen molar-refractivity contribution in [2.75, 3.05) is 20.6 Å². The molecule has 114 valence electrons. The average Bonchev–Trinajstić information content (AvgIpc) is 2.80. The summed E-state index contributed by atoms with van der Waals surface area (Å²) in [4.78, 5) is 1.99. The summed E-state index contributed by atoms with van der Waals surface area (Å²) < 4.78 is 28.6. The number of hydrogen-bond donors (Lipinski definition) is 1. The van der Waals surface area contributed by atoms with Crippen molar-refractivity contribution in [3.05, 3.63) is 51.8 Å². The van der Waals surface area contributed by atoms with Crippen LogP contribution in [0.2, 0.25) is 0 Å². The zero-order valence-corrected chi connectivity index (χ0v) is 13.3. The van der Waals surface area contributed by atoms with E-state index in [1.54, 1.807) is 10.9 Å². The van der Waals surface area contributed by atoms with Crippen molar-refractivity contribution in [3.63, 3.8) is 0 Å². The molecular weight excluding hydrogens is 344 g/mol. The summed E-state index contributed by atoms with van der Waals surface area (Å²) in [6, 6.07) is 3.36. The molecule has 1 aromatic carbocycles. The van der Waals surface area contributed by atoms with Gasteiger partial charge in [0.25, 0.3) is 0 Å². The van der Waals surface area contributed by atoms with Crippen molar-refractivity contribution in [2.24, 2.45) is 0 Å². The van der Waals surface area contributed by atoms with E-state index in [1.807, 2.05) is 19.0 Å². The molecule has 4 nitrogen and oxygen atoms in total. The zero-order chi connectivity index (χ0) is 15.6. The van der Waals surface area contributed by atoms with E-state index < -0.39 is 17.7 Å². The minimum atomic E-state index is -1.08. The maximum atomic E-state index is 13.3. The molecule has 0 amide bonds. The normalized spacial score (nSPS) is 12.9. The second kappa shape index (κ2) is 6.64. The smallest absolute Gasteiger partial charge is 0.159 e. The van der Waals surface area contributed by atoms with Crippen LogP contribution in [0.5, 0.6) is 0 Å². The molecule has 0 saturated heterocycles. The lowest BCUT2D eigenvalue weighted by Gasteiger charge is -2.16. The Hall–Kier alpha value is -1.31. The Morgan fingerprint density at radius 3 is 2.67 bits per heavy atom. The molecule has 0 saturated carbocycles. The van der Waals surface area contributed by atoms with Gasteiger partial charge in [0.05, 0.1) is 22.9 Å². The summed E-state index contributed by atoms with van der Waals surface area (Å²) in [5.74, 6) is -1.92. The molecule has 1 unspecified atom stereocenters. The van der Waals surface area contributed by atoms with Gasteiger partial charge in [-0.15, -0.1) is 0 Å². The van der Waals surface area contributed by atoms with Gasteiger partial charge in [0, 0.05) is 6.54 Å². The van der Waals surface area contributed by atoms with Crippen molar-refractivity contribution in [1.29, 1.82) is 0 Å². The first kappa shape index (κ1) is 16.1. The molecule has 0 aliphatic heterocycles. The third kappa shape index (κ3) is 3.66. The van der Waals surface area contributed by atoms with Crippen molar-refractivity contribution < 1.29 is 13.9 Å². The lowest BCUT2D eigenvalue weighted by molar-refractivity contribution is 0.204. The van der Waals surface area contributed by atoms with E-state index in [0.29, 0.717) is 16.7 Å². The van der Waals surface area contributed by atoms with Gasteiger partial charge in [0.15, 0.2) is 11.6 Å². The van der Waals surface area contributed by atoms with Crippen molar-refractivity contribution in [2.45, 2.75) is 12.6 Å². The average molecular weight is 360 g/mol. The first-order valence-corrected chi connectivity index (χ1v) is 7.18. The summed E-state index contributed by atoms with van der Waals surface area (Å²) in [5, 5.41) is 14.6. The van der Waals surface area contributed by atoms with E-state index >= 15 is 0 Å². The third-order valence-electron chi connectivity index (χ3n) is 3.11. The molecule has 21 heavy (non-hydrogen) atoms.